The Hall–Kier alpha value is -1.06. The smallest absolute Gasteiger partial charge is 0.307 e. The summed E-state index contributed by atoms with van der Waals surface area (Å²) in [6, 6.07) is 0.241. The van der Waals surface area contributed by atoms with Crippen molar-refractivity contribution >= 4 is 11.9 Å². The summed E-state index contributed by atoms with van der Waals surface area (Å²) in [5.74, 6) is -1.11. The van der Waals surface area contributed by atoms with Crippen LogP contribution < -0.4 is 5.32 Å². The summed E-state index contributed by atoms with van der Waals surface area (Å²) >= 11 is 0. The number of nitrogens with one attached hydrogen (secondary N) is 1. The van der Waals surface area contributed by atoms with Gasteiger partial charge in [-0.15, -0.1) is 0 Å². The van der Waals surface area contributed by atoms with Gasteiger partial charge in [0.2, 0.25) is 5.91 Å². The molecule has 2 N–H and O–H groups in total. The molecule has 1 amide bonds. The van der Waals surface area contributed by atoms with E-state index in [4.69, 9.17) is 5.11 Å². The van der Waals surface area contributed by atoms with E-state index in [1.165, 1.54) is 19.3 Å². The number of carboxylic acids is 1. The van der Waals surface area contributed by atoms with Crippen molar-refractivity contribution in [2.75, 3.05) is 0 Å². The van der Waals surface area contributed by atoms with Gasteiger partial charge in [0.25, 0.3) is 0 Å². The number of amides is 1. The van der Waals surface area contributed by atoms with Gasteiger partial charge in [-0.25, -0.2) is 0 Å². The van der Waals surface area contributed by atoms with Gasteiger partial charge in [0.1, 0.15) is 0 Å². The summed E-state index contributed by atoms with van der Waals surface area (Å²) in [5.41, 5.74) is 0. The van der Waals surface area contributed by atoms with Crippen LogP contribution in [0.2, 0.25) is 0 Å². The van der Waals surface area contributed by atoms with Gasteiger partial charge in [0.15, 0.2) is 0 Å². The van der Waals surface area contributed by atoms with Crippen molar-refractivity contribution in [1.82, 2.24) is 5.32 Å². The van der Waals surface area contributed by atoms with Crippen LogP contribution in [-0.2, 0) is 9.59 Å². The fraction of sp³-hybridized carbons (Fsp3) is 0.867. The summed E-state index contributed by atoms with van der Waals surface area (Å²) < 4.78 is 0. The SMILES string of the molecule is CC1CCCCCC1NC(=O)[C@@H]1CCC[C@@H]1C(=O)O. The van der Waals surface area contributed by atoms with Crippen LogP contribution in [0.4, 0.5) is 0 Å². The predicted molar refractivity (Wildman–Crippen MR) is 72.6 cm³/mol. The highest BCUT2D eigenvalue weighted by Gasteiger charge is 2.38. The van der Waals surface area contributed by atoms with Crippen LogP contribution in [0, 0.1) is 17.8 Å². The molecule has 0 aliphatic heterocycles. The Morgan fingerprint density at radius 2 is 1.63 bits per heavy atom. The van der Waals surface area contributed by atoms with Gasteiger partial charge in [0, 0.05) is 6.04 Å². The summed E-state index contributed by atoms with van der Waals surface area (Å²) in [4.78, 5) is 23.5. The molecule has 2 fully saturated rings. The van der Waals surface area contributed by atoms with Gasteiger partial charge in [-0.3, -0.25) is 9.59 Å². The molecule has 0 bridgehead atoms. The minimum atomic E-state index is -0.813. The van der Waals surface area contributed by atoms with Gasteiger partial charge < -0.3 is 10.4 Å². The zero-order valence-electron chi connectivity index (χ0n) is 11.7. The van der Waals surface area contributed by atoms with Crippen molar-refractivity contribution in [1.29, 1.82) is 0 Å². The molecule has 0 aromatic heterocycles. The molecule has 19 heavy (non-hydrogen) atoms. The molecule has 0 spiro atoms. The van der Waals surface area contributed by atoms with Gasteiger partial charge in [-0.1, -0.05) is 32.6 Å². The minimum absolute atomic E-state index is 0.0244. The predicted octanol–water partition coefficient (Wildman–Crippen LogP) is 2.57. The highest BCUT2D eigenvalue weighted by molar-refractivity contribution is 5.85. The van der Waals surface area contributed by atoms with Gasteiger partial charge >= 0.3 is 5.97 Å². The van der Waals surface area contributed by atoms with Crippen molar-refractivity contribution in [2.45, 2.75) is 64.3 Å². The quantitative estimate of drug-likeness (QED) is 0.772. The van der Waals surface area contributed by atoms with Crippen LogP contribution in [-0.4, -0.2) is 23.0 Å². The van der Waals surface area contributed by atoms with E-state index in [1.54, 1.807) is 0 Å². The van der Waals surface area contributed by atoms with E-state index in [2.05, 4.69) is 12.2 Å². The molecular weight excluding hydrogens is 242 g/mol. The molecule has 4 heteroatoms. The molecule has 2 rings (SSSR count). The number of hydrogen-bond donors (Lipinski definition) is 2. The minimum Gasteiger partial charge on any atom is -0.481 e. The lowest BCUT2D eigenvalue weighted by molar-refractivity contribution is -0.146. The van der Waals surface area contributed by atoms with Crippen LogP contribution in [0.3, 0.4) is 0 Å². The number of carbonyl (C=O) groups is 2. The van der Waals surface area contributed by atoms with Crippen molar-refractivity contribution in [3.8, 4) is 0 Å². The van der Waals surface area contributed by atoms with Gasteiger partial charge in [-0.2, -0.15) is 0 Å². The molecule has 0 saturated heterocycles. The van der Waals surface area contributed by atoms with Crippen molar-refractivity contribution in [2.24, 2.45) is 17.8 Å². The lowest BCUT2D eigenvalue weighted by Gasteiger charge is -2.25. The third kappa shape index (κ3) is 3.48. The zero-order chi connectivity index (χ0) is 13.8. The van der Waals surface area contributed by atoms with Crippen molar-refractivity contribution in [3.05, 3.63) is 0 Å². The van der Waals surface area contributed by atoms with Crippen LogP contribution in [0.15, 0.2) is 0 Å². The van der Waals surface area contributed by atoms with Crippen LogP contribution in [0.1, 0.15) is 58.3 Å². The van der Waals surface area contributed by atoms with Crippen LogP contribution in [0.25, 0.3) is 0 Å². The first kappa shape index (κ1) is 14.4. The molecule has 2 unspecified atom stereocenters. The molecular formula is C15H25NO3. The Bertz CT molecular complexity index is 342. The van der Waals surface area contributed by atoms with Crippen molar-refractivity contribution < 1.29 is 14.7 Å². The second kappa shape index (κ2) is 6.40. The van der Waals surface area contributed by atoms with E-state index in [-0.39, 0.29) is 17.9 Å². The molecule has 4 atom stereocenters. The summed E-state index contributed by atoms with van der Waals surface area (Å²) in [6.45, 7) is 2.19. The Balaban J connectivity index is 1.94. The number of carboxylic acid groups (broad SMARTS) is 1. The molecule has 2 aliphatic rings. The molecule has 0 heterocycles. The maximum atomic E-state index is 12.3. The van der Waals surface area contributed by atoms with E-state index < -0.39 is 11.9 Å². The normalized spacial score (nSPS) is 35.6. The van der Waals surface area contributed by atoms with E-state index in [0.29, 0.717) is 12.3 Å². The van der Waals surface area contributed by atoms with Gasteiger partial charge in [-0.05, 0) is 31.6 Å². The van der Waals surface area contributed by atoms with Crippen LogP contribution >= 0.6 is 0 Å². The van der Waals surface area contributed by atoms with E-state index >= 15 is 0 Å². The topological polar surface area (TPSA) is 66.4 Å². The third-order valence-corrected chi connectivity index (χ3v) is 4.86. The lowest BCUT2D eigenvalue weighted by atomic mass is 9.92. The fourth-order valence-electron chi connectivity index (χ4n) is 3.57. The Morgan fingerprint density at radius 3 is 2.37 bits per heavy atom. The Morgan fingerprint density at radius 1 is 0.947 bits per heavy atom. The maximum absolute atomic E-state index is 12.3. The Labute approximate surface area is 115 Å². The average molecular weight is 267 g/mol. The summed E-state index contributed by atoms with van der Waals surface area (Å²) in [5, 5.41) is 12.3. The highest BCUT2D eigenvalue weighted by Crippen LogP contribution is 2.33. The van der Waals surface area contributed by atoms with Crippen LogP contribution in [0.5, 0.6) is 0 Å². The summed E-state index contributed by atoms with van der Waals surface area (Å²) in [6.07, 6.45) is 8.09. The fourth-order valence-corrected chi connectivity index (χ4v) is 3.57. The number of rotatable bonds is 3. The third-order valence-electron chi connectivity index (χ3n) is 4.86. The second-order valence-electron chi connectivity index (χ2n) is 6.21. The number of carbonyl (C=O) groups excluding carboxylic acids is 1. The molecule has 0 aromatic carbocycles. The van der Waals surface area contributed by atoms with Gasteiger partial charge in [0.05, 0.1) is 11.8 Å². The number of aliphatic carboxylic acids is 1. The standard InChI is InChI=1S/C15H25NO3/c1-10-6-3-2-4-9-13(10)16-14(17)11-7-5-8-12(11)15(18)19/h10-13H,2-9H2,1H3,(H,16,17)(H,18,19)/t10?,11-,12+,13?/m1/s1. The molecule has 108 valence electrons. The first-order valence-electron chi connectivity index (χ1n) is 7.62. The molecule has 0 aromatic rings. The average Bonchev–Trinajstić information content (AvgIpc) is 2.78. The zero-order valence-corrected chi connectivity index (χ0v) is 11.7. The lowest BCUT2D eigenvalue weighted by Crippen LogP contribution is -2.43. The molecule has 2 saturated carbocycles. The first-order valence-corrected chi connectivity index (χ1v) is 7.62. The Kier molecular flexibility index (Phi) is 4.83. The number of hydrogen-bond acceptors (Lipinski definition) is 2. The highest BCUT2D eigenvalue weighted by atomic mass is 16.4. The second-order valence-corrected chi connectivity index (χ2v) is 6.21. The largest absolute Gasteiger partial charge is 0.481 e. The van der Waals surface area contributed by atoms with Crippen molar-refractivity contribution in [3.63, 3.8) is 0 Å². The van der Waals surface area contributed by atoms with E-state index in [9.17, 15) is 9.59 Å². The molecule has 4 nitrogen and oxygen atoms in total. The van der Waals surface area contributed by atoms with E-state index in [1.807, 2.05) is 0 Å². The molecule has 0 radical (unpaired) electrons. The monoisotopic (exact) mass is 267 g/mol. The molecule has 2 aliphatic carbocycles. The van der Waals surface area contributed by atoms with E-state index in [0.717, 1.165) is 25.7 Å². The summed E-state index contributed by atoms with van der Waals surface area (Å²) in [7, 11) is 0. The first-order chi connectivity index (χ1) is 9.09. The maximum Gasteiger partial charge on any atom is 0.307 e.